The first kappa shape index (κ1) is 27.3. The van der Waals surface area contributed by atoms with Crippen LogP contribution in [0.2, 0.25) is 0 Å². The van der Waals surface area contributed by atoms with Gasteiger partial charge in [-0.25, -0.2) is 14.8 Å². The molecule has 7 nitrogen and oxygen atoms in total. The third kappa shape index (κ3) is 8.11. The number of carbonyl (C=O) groups is 1. The number of carboxylic acids is 1. The Morgan fingerprint density at radius 2 is 1.72 bits per heavy atom. The highest BCUT2D eigenvalue weighted by Crippen LogP contribution is 2.28. The van der Waals surface area contributed by atoms with Crippen LogP contribution in [0.5, 0.6) is 11.5 Å². The lowest BCUT2D eigenvalue weighted by Gasteiger charge is -2.23. The number of carboxylic acid groups (broad SMARTS) is 1. The molecule has 0 spiro atoms. The Morgan fingerprint density at radius 1 is 1.08 bits per heavy atom. The van der Waals surface area contributed by atoms with E-state index in [-0.39, 0.29) is 5.75 Å². The first-order valence-electron chi connectivity index (χ1n) is 11.1. The van der Waals surface area contributed by atoms with Crippen molar-refractivity contribution in [3.63, 3.8) is 0 Å². The quantitative estimate of drug-likeness (QED) is 0.313. The van der Waals surface area contributed by atoms with Gasteiger partial charge in [-0.3, -0.25) is 0 Å². The average molecular weight is 568 g/mol. The van der Waals surface area contributed by atoms with E-state index in [1.165, 1.54) is 19.1 Å². The lowest BCUT2D eigenvalue weighted by atomic mass is 10.1. The molecule has 0 saturated heterocycles. The molecule has 0 aliphatic heterocycles. The van der Waals surface area contributed by atoms with Crippen molar-refractivity contribution in [3.05, 3.63) is 76.0 Å². The minimum absolute atomic E-state index is 0.286. The van der Waals surface area contributed by atoms with Crippen LogP contribution in [0, 0.1) is 0 Å². The zero-order valence-corrected chi connectivity index (χ0v) is 21.2. The number of alkyl halides is 3. The fraction of sp³-hybridized carbons (Fsp3) is 0.320. The maximum atomic E-state index is 12.5. The summed E-state index contributed by atoms with van der Waals surface area (Å²) in [6.45, 7) is 4.34. The minimum atomic E-state index is -4.75. The van der Waals surface area contributed by atoms with Crippen LogP contribution in [0.4, 0.5) is 19.1 Å². The van der Waals surface area contributed by atoms with Gasteiger partial charge in [-0.15, -0.1) is 13.2 Å². The summed E-state index contributed by atoms with van der Waals surface area (Å²) in [4.78, 5) is 21.9. The molecule has 192 valence electrons. The fourth-order valence-corrected chi connectivity index (χ4v) is 3.78. The molecule has 1 heterocycles. The molecule has 0 aliphatic carbocycles. The molecule has 1 unspecified atom stereocenters. The van der Waals surface area contributed by atoms with Crippen LogP contribution in [-0.2, 0) is 24.2 Å². The number of halogens is 4. The first-order chi connectivity index (χ1) is 17.0. The van der Waals surface area contributed by atoms with Crippen molar-refractivity contribution >= 4 is 27.8 Å². The molecule has 3 aromatic rings. The molecule has 0 aliphatic rings. The highest BCUT2D eigenvalue weighted by molar-refractivity contribution is 9.10. The second-order valence-electron chi connectivity index (χ2n) is 7.97. The molecule has 0 fully saturated rings. The number of rotatable bonds is 11. The summed E-state index contributed by atoms with van der Waals surface area (Å²) in [5.74, 6) is -0.429. The van der Waals surface area contributed by atoms with Crippen molar-refractivity contribution in [1.29, 1.82) is 0 Å². The molecule has 3 rings (SSSR count). The highest BCUT2D eigenvalue weighted by atomic mass is 79.9. The van der Waals surface area contributed by atoms with E-state index in [1.807, 2.05) is 24.0 Å². The van der Waals surface area contributed by atoms with Gasteiger partial charge in [0.1, 0.15) is 11.5 Å². The molecule has 0 saturated carbocycles. The summed E-state index contributed by atoms with van der Waals surface area (Å²) in [5, 5.41) is 9.05. The third-order valence-electron chi connectivity index (χ3n) is 5.23. The lowest BCUT2D eigenvalue weighted by molar-refractivity contribution is -0.274. The van der Waals surface area contributed by atoms with Gasteiger partial charge >= 0.3 is 12.3 Å². The van der Waals surface area contributed by atoms with E-state index < -0.39 is 18.4 Å². The third-order valence-corrected chi connectivity index (χ3v) is 5.85. The SMILES string of the molecule is CCc1cnc(N(CCc2ccc(OC(C)C(=O)O)c(Br)c2)Cc2ccc(OC(F)(F)F)cc2)nc1. The number of aromatic nitrogens is 2. The Hall–Kier alpha value is -3.34. The van der Waals surface area contributed by atoms with Crippen molar-refractivity contribution in [2.75, 3.05) is 11.4 Å². The predicted octanol–water partition coefficient (Wildman–Crippen LogP) is 5.80. The predicted molar refractivity (Wildman–Crippen MR) is 131 cm³/mol. The Labute approximate surface area is 215 Å². The van der Waals surface area contributed by atoms with Crippen molar-refractivity contribution in [3.8, 4) is 11.5 Å². The molecule has 0 radical (unpaired) electrons. The molecule has 11 heteroatoms. The Morgan fingerprint density at radius 3 is 2.28 bits per heavy atom. The van der Waals surface area contributed by atoms with Crippen LogP contribution in [0.3, 0.4) is 0 Å². The van der Waals surface area contributed by atoms with Gasteiger partial charge in [0.2, 0.25) is 5.95 Å². The van der Waals surface area contributed by atoms with Gasteiger partial charge in [0.05, 0.1) is 4.47 Å². The number of anilines is 1. The van der Waals surface area contributed by atoms with Crippen LogP contribution < -0.4 is 14.4 Å². The first-order valence-corrected chi connectivity index (χ1v) is 11.9. The number of benzene rings is 2. The minimum Gasteiger partial charge on any atom is -0.479 e. The van der Waals surface area contributed by atoms with Gasteiger partial charge in [-0.05, 0) is 76.7 Å². The molecular weight excluding hydrogens is 543 g/mol. The topological polar surface area (TPSA) is 84.8 Å². The molecule has 1 N–H and O–H groups in total. The number of hydrogen-bond acceptors (Lipinski definition) is 6. The van der Waals surface area contributed by atoms with Crippen LogP contribution in [-0.4, -0.2) is 40.1 Å². The molecule has 1 aromatic heterocycles. The number of hydrogen-bond donors (Lipinski definition) is 1. The zero-order chi connectivity index (χ0) is 26.3. The summed E-state index contributed by atoms with van der Waals surface area (Å²) >= 11 is 3.43. The van der Waals surface area contributed by atoms with Gasteiger partial charge in [0, 0.05) is 25.5 Å². The van der Waals surface area contributed by atoms with Gasteiger partial charge in [-0.1, -0.05) is 25.1 Å². The summed E-state index contributed by atoms with van der Waals surface area (Å²) in [5.41, 5.74) is 2.71. The van der Waals surface area contributed by atoms with E-state index in [0.717, 1.165) is 23.1 Å². The molecule has 2 aromatic carbocycles. The van der Waals surface area contributed by atoms with E-state index >= 15 is 0 Å². The Bertz CT molecular complexity index is 1160. The zero-order valence-electron chi connectivity index (χ0n) is 19.6. The van der Waals surface area contributed by atoms with Crippen LogP contribution in [0.15, 0.2) is 59.3 Å². The van der Waals surface area contributed by atoms with Gasteiger partial charge < -0.3 is 19.5 Å². The summed E-state index contributed by atoms with van der Waals surface area (Å²) in [6.07, 6.45) is -0.836. The molecule has 0 bridgehead atoms. The van der Waals surface area contributed by atoms with Crippen molar-refractivity contribution in [2.45, 2.75) is 45.7 Å². The number of ether oxygens (including phenoxy) is 2. The van der Waals surface area contributed by atoms with E-state index in [4.69, 9.17) is 9.84 Å². The summed E-state index contributed by atoms with van der Waals surface area (Å²) in [6, 6.07) is 11.1. The van der Waals surface area contributed by atoms with E-state index in [0.29, 0.717) is 35.7 Å². The average Bonchev–Trinajstić information content (AvgIpc) is 2.83. The maximum absolute atomic E-state index is 12.5. The van der Waals surface area contributed by atoms with E-state index in [1.54, 1.807) is 30.6 Å². The molecule has 1 atom stereocenters. The largest absolute Gasteiger partial charge is 0.573 e. The number of aliphatic carboxylic acids is 1. The molecule has 0 amide bonds. The lowest BCUT2D eigenvalue weighted by Crippen LogP contribution is -2.27. The van der Waals surface area contributed by atoms with E-state index in [9.17, 15) is 18.0 Å². The molecule has 36 heavy (non-hydrogen) atoms. The monoisotopic (exact) mass is 567 g/mol. The van der Waals surface area contributed by atoms with Gasteiger partial charge in [0.25, 0.3) is 0 Å². The summed E-state index contributed by atoms with van der Waals surface area (Å²) < 4.78 is 47.4. The van der Waals surface area contributed by atoms with E-state index in [2.05, 4.69) is 30.6 Å². The Balaban J connectivity index is 1.74. The standard InChI is InChI=1S/C25H25BrF3N3O4/c1-3-17-13-30-24(31-14-17)32(15-19-4-7-20(8-5-19)36-25(27,28)29)11-10-18-6-9-22(21(26)12-18)35-16(2)23(33)34/h4-9,12-14,16H,3,10-11,15H2,1-2H3,(H,33,34). The van der Waals surface area contributed by atoms with Crippen LogP contribution in [0.25, 0.3) is 0 Å². The van der Waals surface area contributed by atoms with Crippen molar-refractivity contribution in [2.24, 2.45) is 0 Å². The smallest absolute Gasteiger partial charge is 0.479 e. The van der Waals surface area contributed by atoms with Crippen LogP contribution in [0.1, 0.15) is 30.5 Å². The number of aryl methyl sites for hydroxylation is 1. The maximum Gasteiger partial charge on any atom is 0.573 e. The Kier molecular flexibility index (Phi) is 9.14. The fourth-order valence-electron chi connectivity index (χ4n) is 3.26. The van der Waals surface area contributed by atoms with Crippen molar-refractivity contribution in [1.82, 2.24) is 9.97 Å². The van der Waals surface area contributed by atoms with Gasteiger partial charge in [0.15, 0.2) is 6.10 Å². The second kappa shape index (κ2) is 12.1. The normalized spacial score (nSPS) is 12.2. The summed E-state index contributed by atoms with van der Waals surface area (Å²) in [7, 11) is 0. The van der Waals surface area contributed by atoms with Gasteiger partial charge in [-0.2, -0.15) is 0 Å². The van der Waals surface area contributed by atoms with Crippen molar-refractivity contribution < 1.29 is 32.5 Å². The second-order valence-corrected chi connectivity index (χ2v) is 8.83. The molecular formula is C25H25BrF3N3O4. The number of nitrogens with zero attached hydrogens (tertiary/aromatic N) is 3. The van der Waals surface area contributed by atoms with Crippen LogP contribution >= 0.6 is 15.9 Å². The highest BCUT2D eigenvalue weighted by Gasteiger charge is 2.31.